The second-order valence-corrected chi connectivity index (χ2v) is 7.54. The lowest BCUT2D eigenvalue weighted by Crippen LogP contribution is -2.16. The fourth-order valence-electron chi connectivity index (χ4n) is 3.07. The number of fused-ring (bicyclic) bond motifs is 2. The summed E-state index contributed by atoms with van der Waals surface area (Å²) in [5.41, 5.74) is 9.55. The molecule has 4 aromatic rings. The Morgan fingerprint density at radius 3 is 2.64 bits per heavy atom. The lowest BCUT2D eigenvalue weighted by molar-refractivity contribution is 0.944. The quantitative estimate of drug-likeness (QED) is 0.538. The van der Waals surface area contributed by atoms with E-state index in [1.807, 2.05) is 42.5 Å². The van der Waals surface area contributed by atoms with E-state index in [1.54, 1.807) is 18.4 Å². The van der Waals surface area contributed by atoms with Gasteiger partial charge in [0.05, 0.1) is 16.3 Å². The van der Waals surface area contributed by atoms with E-state index in [2.05, 4.69) is 15.1 Å². The number of anilines is 1. The van der Waals surface area contributed by atoms with Crippen molar-refractivity contribution in [1.29, 1.82) is 0 Å². The number of nitrogen functional groups attached to an aromatic ring is 1. The highest BCUT2D eigenvalue weighted by Gasteiger charge is 2.18. The van der Waals surface area contributed by atoms with Crippen molar-refractivity contribution in [2.75, 3.05) is 5.73 Å². The van der Waals surface area contributed by atoms with E-state index < -0.39 is 5.56 Å². The lowest BCUT2D eigenvalue weighted by Gasteiger charge is -2.03. The van der Waals surface area contributed by atoms with Crippen molar-refractivity contribution in [2.24, 2.45) is 4.99 Å². The van der Waals surface area contributed by atoms with Gasteiger partial charge in [0.15, 0.2) is 0 Å². The summed E-state index contributed by atoms with van der Waals surface area (Å²) >= 11 is 7.53. The molecule has 28 heavy (non-hydrogen) atoms. The minimum atomic E-state index is -0.405. The van der Waals surface area contributed by atoms with Crippen LogP contribution < -0.4 is 11.3 Å². The second kappa shape index (κ2) is 6.40. The van der Waals surface area contributed by atoms with E-state index >= 15 is 0 Å². The van der Waals surface area contributed by atoms with Crippen LogP contribution in [0.4, 0.5) is 11.5 Å². The summed E-state index contributed by atoms with van der Waals surface area (Å²) in [5, 5.41) is 5.74. The third kappa shape index (κ3) is 2.64. The first-order valence-corrected chi connectivity index (χ1v) is 9.61. The standard InChI is InChI=1S/C20H12ClN5OS/c21-15-7-3-1-6-13(15)19-25-26-17(22)14(18(27)24-20(26)28-19)9-11-10-23-16-8-4-2-5-12(11)16/h1-10H,22H2. The smallest absolute Gasteiger partial charge is 0.283 e. The van der Waals surface area contributed by atoms with Gasteiger partial charge in [-0.1, -0.05) is 59.3 Å². The van der Waals surface area contributed by atoms with Gasteiger partial charge in [-0.25, -0.2) is 0 Å². The maximum absolute atomic E-state index is 12.6. The number of nitrogens with two attached hydrogens (primary N) is 1. The molecule has 0 saturated heterocycles. The molecule has 1 aliphatic rings. The van der Waals surface area contributed by atoms with Crippen LogP contribution in [0, 0.1) is 0 Å². The topological polar surface area (TPSA) is 85.6 Å². The van der Waals surface area contributed by atoms with Gasteiger partial charge in [0.1, 0.15) is 10.8 Å². The molecule has 0 saturated carbocycles. The Bertz CT molecular complexity index is 1370. The summed E-state index contributed by atoms with van der Waals surface area (Å²) in [6.07, 6.45) is 3.43. The molecule has 2 N–H and O–H groups in total. The normalized spacial score (nSPS) is 14.1. The minimum Gasteiger partial charge on any atom is -0.383 e. The first kappa shape index (κ1) is 16.9. The van der Waals surface area contributed by atoms with Gasteiger partial charge in [0.25, 0.3) is 5.56 Å². The van der Waals surface area contributed by atoms with Crippen LogP contribution in [0.15, 0.2) is 58.3 Å². The maximum Gasteiger partial charge on any atom is 0.283 e. The second-order valence-electron chi connectivity index (χ2n) is 6.17. The number of aromatic nitrogens is 3. The average molecular weight is 406 g/mol. The van der Waals surface area contributed by atoms with Gasteiger partial charge in [0, 0.05) is 22.9 Å². The molecule has 2 aromatic carbocycles. The first-order valence-electron chi connectivity index (χ1n) is 8.41. The third-order valence-electron chi connectivity index (χ3n) is 4.45. The highest BCUT2D eigenvalue weighted by Crippen LogP contribution is 2.34. The molecule has 136 valence electrons. The summed E-state index contributed by atoms with van der Waals surface area (Å²) < 4.78 is 1.48. The van der Waals surface area contributed by atoms with Crippen LogP contribution in [-0.4, -0.2) is 20.8 Å². The summed E-state index contributed by atoms with van der Waals surface area (Å²) in [4.78, 5) is 21.6. The zero-order valence-corrected chi connectivity index (χ0v) is 15.9. The number of hydrogen-bond donors (Lipinski definition) is 1. The Morgan fingerprint density at radius 2 is 1.82 bits per heavy atom. The Kier molecular flexibility index (Phi) is 3.85. The van der Waals surface area contributed by atoms with Crippen molar-refractivity contribution >= 4 is 57.3 Å². The highest BCUT2D eigenvalue weighted by molar-refractivity contribution is 7.19. The van der Waals surface area contributed by atoms with E-state index in [0.29, 0.717) is 15.0 Å². The number of para-hydroxylation sites is 1. The van der Waals surface area contributed by atoms with Crippen LogP contribution in [0.1, 0.15) is 11.1 Å². The molecule has 0 aliphatic carbocycles. The lowest BCUT2D eigenvalue weighted by atomic mass is 10.1. The SMILES string of the molecule is Nc1c(C=C2C=Nc3ccccc32)c(=O)nc2sc(-c3ccccc3Cl)nn12. The Hall–Kier alpha value is -3.29. The van der Waals surface area contributed by atoms with E-state index in [4.69, 9.17) is 17.3 Å². The zero-order valence-electron chi connectivity index (χ0n) is 14.3. The molecule has 0 spiro atoms. The molecule has 0 radical (unpaired) electrons. The fraction of sp³-hybridized carbons (Fsp3) is 0. The Labute approximate surface area is 168 Å². The van der Waals surface area contributed by atoms with E-state index in [0.717, 1.165) is 22.4 Å². The van der Waals surface area contributed by atoms with Crippen molar-refractivity contribution in [3.63, 3.8) is 0 Å². The van der Waals surface area contributed by atoms with Crippen LogP contribution in [-0.2, 0) is 0 Å². The molecule has 2 aromatic heterocycles. The molecule has 0 bridgehead atoms. The van der Waals surface area contributed by atoms with Crippen LogP contribution in [0.3, 0.4) is 0 Å². The number of allylic oxidation sites excluding steroid dienone is 1. The largest absolute Gasteiger partial charge is 0.383 e. The van der Waals surface area contributed by atoms with Crippen LogP contribution >= 0.6 is 22.9 Å². The summed E-state index contributed by atoms with van der Waals surface area (Å²) in [7, 11) is 0. The van der Waals surface area contributed by atoms with Crippen LogP contribution in [0.5, 0.6) is 0 Å². The number of hydrogen-bond acceptors (Lipinski definition) is 6. The number of benzene rings is 2. The van der Waals surface area contributed by atoms with Gasteiger partial charge in [-0.05, 0) is 18.2 Å². The predicted octanol–water partition coefficient (Wildman–Crippen LogP) is 4.31. The molecule has 6 nitrogen and oxygen atoms in total. The highest BCUT2D eigenvalue weighted by atomic mass is 35.5. The molecule has 0 fully saturated rings. The maximum atomic E-state index is 12.6. The number of halogens is 1. The molecular weight excluding hydrogens is 394 g/mol. The molecule has 0 atom stereocenters. The van der Waals surface area contributed by atoms with E-state index in [-0.39, 0.29) is 11.4 Å². The number of nitrogens with zero attached hydrogens (tertiary/aromatic N) is 4. The summed E-state index contributed by atoms with van der Waals surface area (Å²) in [6, 6.07) is 15.1. The van der Waals surface area contributed by atoms with Gasteiger partial charge >= 0.3 is 0 Å². The average Bonchev–Trinajstić information content (AvgIpc) is 3.30. The first-order chi connectivity index (χ1) is 13.6. The third-order valence-corrected chi connectivity index (χ3v) is 5.72. The molecular formula is C20H12ClN5OS. The Morgan fingerprint density at radius 1 is 1.07 bits per heavy atom. The molecule has 8 heteroatoms. The van der Waals surface area contributed by atoms with Gasteiger partial charge in [0.2, 0.25) is 4.96 Å². The minimum absolute atomic E-state index is 0.231. The summed E-state index contributed by atoms with van der Waals surface area (Å²) in [6.45, 7) is 0. The monoisotopic (exact) mass is 405 g/mol. The van der Waals surface area contributed by atoms with Crippen molar-refractivity contribution in [2.45, 2.75) is 0 Å². The van der Waals surface area contributed by atoms with Gasteiger partial charge in [-0.2, -0.15) is 14.6 Å². The molecule has 0 amide bonds. The zero-order chi connectivity index (χ0) is 19.3. The molecule has 5 rings (SSSR count). The number of aliphatic imine (C=N–C) groups is 1. The van der Waals surface area contributed by atoms with Gasteiger partial charge in [-0.3, -0.25) is 9.79 Å². The fourth-order valence-corrected chi connectivity index (χ4v) is 4.29. The number of rotatable bonds is 2. The molecule has 1 aliphatic heterocycles. The summed E-state index contributed by atoms with van der Waals surface area (Å²) in [5.74, 6) is 0.231. The van der Waals surface area contributed by atoms with Crippen molar-refractivity contribution < 1.29 is 0 Å². The van der Waals surface area contributed by atoms with Crippen LogP contribution in [0.2, 0.25) is 5.02 Å². The van der Waals surface area contributed by atoms with Crippen molar-refractivity contribution in [3.8, 4) is 10.6 Å². The van der Waals surface area contributed by atoms with Gasteiger partial charge in [-0.15, -0.1) is 0 Å². The molecule has 0 unspecified atom stereocenters. The van der Waals surface area contributed by atoms with E-state index in [9.17, 15) is 4.79 Å². The van der Waals surface area contributed by atoms with Crippen molar-refractivity contribution in [1.82, 2.24) is 14.6 Å². The predicted molar refractivity (Wildman–Crippen MR) is 114 cm³/mol. The van der Waals surface area contributed by atoms with Gasteiger partial charge < -0.3 is 5.73 Å². The van der Waals surface area contributed by atoms with E-state index in [1.165, 1.54) is 15.9 Å². The Balaban J connectivity index is 1.68. The van der Waals surface area contributed by atoms with Crippen molar-refractivity contribution in [3.05, 3.63) is 75.0 Å². The molecule has 3 heterocycles. The van der Waals surface area contributed by atoms with Crippen LogP contribution in [0.25, 0.3) is 27.2 Å².